The molecule has 3 heteroatoms. The maximum atomic E-state index is 13.0. The van der Waals surface area contributed by atoms with Crippen LogP contribution in [0.5, 0.6) is 0 Å². The highest BCUT2D eigenvalue weighted by Gasteiger charge is 2.39. The maximum absolute atomic E-state index is 13.0. The van der Waals surface area contributed by atoms with Gasteiger partial charge in [0, 0.05) is 11.9 Å². The highest BCUT2D eigenvalue weighted by atomic mass is 28.3. The van der Waals surface area contributed by atoms with Crippen LogP contribution in [-0.4, -0.2) is 20.1 Å². The monoisotopic (exact) mass is 295 g/mol. The molecule has 0 N–H and O–H groups in total. The lowest BCUT2D eigenvalue weighted by atomic mass is 9.93. The number of carbonyl (C=O) groups excluding carboxylic acids is 1. The summed E-state index contributed by atoms with van der Waals surface area (Å²) in [4.78, 5) is 15.0. The van der Waals surface area contributed by atoms with Crippen LogP contribution in [0.3, 0.4) is 0 Å². The van der Waals surface area contributed by atoms with Gasteiger partial charge < -0.3 is 4.90 Å². The first kappa shape index (κ1) is 14.1. The predicted molar refractivity (Wildman–Crippen MR) is 90.4 cm³/mol. The van der Waals surface area contributed by atoms with Crippen molar-refractivity contribution in [3.05, 3.63) is 65.7 Å². The number of benzene rings is 2. The Morgan fingerprint density at radius 3 is 2.24 bits per heavy atom. The van der Waals surface area contributed by atoms with Crippen LogP contribution in [-0.2, 0) is 4.79 Å². The molecule has 0 bridgehead atoms. The van der Waals surface area contributed by atoms with Crippen molar-refractivity contribution in [3.63, 3.8) is 0 Å². The molecule has 0 aliphatic carbocycles. The molecule has 108 valence electrons. The molecule has 0 aromatic heterocycles. The number of para-hydroxylation sites is 1. The van der Waals surface area contributed by atoms with E-state index in [9.17, 15) is 4.79 Å². The van der Waals surface area contributed by atoms with Gasteiger partial charge >= 0.3 is 0 Å². The quantitative estimate of drug-likeness (QED) is 0.783. The van der Waals surface area contributed by atoms with Crippen molar-refractivity contribution >= 4 is 19.7 Å². The van der Waals surface area contributed by atoms with Crippen LogP contribution in [0.4, 0.5) is 5.69 Å². The van der Waals surface area contributed by atoms with Gasteiger partial charge in [0.15, 0.2) is 0 Å². The number of nitrogens with zero attached hydrogens (tertiary/aromatic N) is 1. The Labute approximate surface area is 127 Å². The van der Waals surface area contributed by atoms with Gasteiger partial charge in [-0.2, -0.15) is 0 Å². The molecule has 2 nitrogen and oxygen atoms in total. The molecule has 2 aromatic carbocycles. The maximum Gasteiger partial charge on any atom is 0.238 e. The molecule has 1 atom stereocenters. The zero-order valence-electron chi connectivity index (χ0n) is 12.8. The molecule has 0 saturated heterocycles. The van der Waals surface area contributed by atoms with Crippen molar-refractivity contribution in [3.8, 4) is 0 Å². The lowest BCUT2D eigenvalue weighted by Crippen LogP contribution is -2.42. The number of anilines is 1. The first-order valence-corrected chi connectivity index (χ1v) is 11.1. The van der Waals surface area contributed by atoms with Gasteiger partial charge in [0.1, 0.15) is 0 Å². The van der Waals surface area contributed by atoms with Crippen LogP contribution in [0.2, 0.25) is 19.6 Å². The van der Waals surface area contributed by atoms with Gasteiger partial charge in [-0.3, -0.25) is 4.79 Å². The average Bonchev–Trinajstić information content (AvgIpc) is 2.71. The van der Waals surface area contributed by atoms with Crippen molar-refractivity contribution in [1.82, 2.24) is 0 Å². The first-order chi connectivity index (χ1) is 9.97. The smallest absolute Gasteiger partial charge is 0.238 e. The van der Waals surface area contributed by atoms with E-state index in [1.807, 2.05) is 35.2 Å². The van der Waals surface area contributed by atoms with Crippen molar-refractivity contribution in [2.45, 2.75) is 25.6 Å². The standard InChI is InChI=1S/C18H21NOSi/c1-21(2,3)13-19-16-12-8-7-11-15(16)17(18(19)20)14-9-5-4-6-10-14/h4-12,17H,13H2,1-3H3. The van der Waals surface area contributed by atoms with Crippen molar-refractivity contribution in [2.24, 2.45) is 0 Å². The molecule has 2 aromatic rings. The number of rotatable bonds is 3. The Morgan fingerprint density at radius 2 is 1.57 bits per heavy atom. The Hall–Kier alpha value is -1.87. The van der Waals surface area contributed by atoms with Crippen LogP contribution >= 0.6 is 0 Å². The minimum Gasteiger partial charge on any atom is -0.314 e. The van der Waals surface area contributed by atoms with Crippen molar-refractivity contribution < 1.29 is 4.79 Å². The van der Waals surface area contributed by atoms with Gasteiger partial charge in [0.2, 0.25) is 5.91 Å². The van der Waals surface area contributed by atoms with Gasteiger partial charge in [-0.1, -0.05) is 68.2 Å². The number of fused-ring (bicyclic) bond motifs is 1. The summed E-state index contributed by atoms with van der Waals surface area (Å²) in [5, 5.41) is 0. The Kier molecular flexibility index (Phi) is 3.45. The Morgan fingerprint density at radius 1 is 0.952 bits per heavy atom. The van der Waals surface area contributed by atoms with Gasteiger partial charge in [0.05, 0.1) is 14.0 Å². The second kappa shape index (κ2) is 5.15. The fourth-order valence-electron chi connectivity index (χ4n) is 2.99. The normalized spacial score (nSPS) is 18.0. The molecule has 1 amide bonds. The molecular formula is C18H21NOSi. The highest BCUT2D eigenvalue weighted by molar-refractivity contribution is 6.77. The van der Waals surface area contributed by atoms with E-state index in [1.54, 1.807) is 0 Å². The molecule has 1 aliphatic rings. The molecule has 0 radical (unpaired) electrons. The summed E-state index contributed by atoms with van der Waals surface area (Å²) in [5.41, 5.74) is 3.33. The number of hydrogen-bond acceptors (Lipinski definition) is 1. The molecule has 1 heterocycles. The van der Waals surface area contributed by atoms with Crippen LogP contribution in [0, 0.1) is 0 Å². The van der Waals surface area contributed by atoms with E-state index in [1.165, 1.54) is 0 Å². The summed E-state index contributed by atoms with van der Waals surface area (Å²) in [6.45, 7) is 6.91. The minimum absolute atomic E-state index is 0.140. The van der Waals surface area contributed by atoms with Gasteiger partial charge in [-0.15, -0.1) is 0 Å². The summed E-state index contributed by atoms with van der Waals surface area (Å²) >= 11 is 0. The fourth-order valence-corrected chi connectivity index (χ4v) is 4.26. The molecule has 1 unspecified atom stereocenters. The third kappa shape index (κ3) is 2.66. The molecule has 21 heavy (non-hydrogen) atoms. The van der Waals surface area contributed by atoms with E-state index >= 15 is 0 Å². The molecule has 0 saturated carbocycles. The second-order valence-corrected chi connectivity index (χ2v) is 12.3. The van der Waals surface area contributed by atoms with Gasteiger partial charge in [-0.05, 0) is 17.2 Å². The van der Waals surface area contributed by atoms with Crippen molar-refractivity contribution in [2.75, 3.05) is 11.1 Å². The van der Waals surface area contributed by atoms with E-state index in [-0.39, 0.29) is 11.8 Å². The van der Waals surface area contributed by atoms with Gasteiger partial charge in [-0.25, -0.2) is 0 Å². The summed E-state index contributed by atoms with van der Waals surface area (Å²) < 4.78 is 0. The zero-order chi connectivity index (χ0) is 15.0. The van der Waals surface area contributed by atoms with E-state index in [4.69, 9.17) is 0 Å². The summed E-state index contributed by atoms with van der Waals surface area (Å²) in [6, 6.07) is 18.3. The number of hydrogen-bond donors (Lipinski definition) is 0. The predicted octanol–water partition coefficient (Wildman–Crippen LogP) is 4.04. The van der Waals surface area contributed by atoms with Gasteiger partial charge in [0.25, 0.3) is 0 Å². The van der Waals surface area contributed by atoms with Crippen LogP contribution in [0.15, 0.2) is 54.6 Å². The summed E-state index contributed by atoms with van der Waals surface area (Å²) in [7, 11) is -1.36. The van der Waals surface area contributed by atoms with Crippen LogP contribution in [0.1, 0.15) is 17.0 Å². The Bertz CT molecular complexity index is 660. The number of carbonyl (C=O) groups is 1. The van der Waals surface area contributed by atoms with E-state index in [0.29, 0.717) is 0 Å². The lowest BCUT2D eigenvalue weighted by molar-refractivity contribution is -0.118. The third-order valence-corrected chi connectivity index (χ3v) is 5.08. The highest BCUT2D eigenvalue weighted by Crippen LogP contribution is 2.41. The van der Waals surface area contributed by atoms with E-state index < -0.39 is 8.07 Å². The second-order valence-electron chi connectivity index (χ2n) is 6.89. The first-order valence-electron chi connectivity index (χ1n) is 7.43. The van der Waals surface area contributed by atoms with E-state index in [2.05, 4.69) is 43.9 Å². The van der Waals surface area contributed by atoms with Crippen molar-refractivity contribution in [1.29, 1.82) is 0 Å². The molecule has 0 fully saturated rings. The van der Waals surface area contributed by atoms with Crippen LogP contribution < -0.4 is 4.90 Å². The third-order valence-electron chi connectivity index (χ3n) is 3.82. The molecular weight excluding hydrogens is 274 g/mol. The minimum atomic E-state index is -1.36. The Balaban J connectivity index is 2.07. The molecule has 3 rings (SSSR count). The summed E-state index contributed by atoms with van der Waals surface area (Å²) in [6.07, 6.45) is 0.881. The molecule has 1 aliphatic heterocycles. The fraction of sp³-hybridized carbons (Fsp3) is 0.278. The topological polar surface area (TPSA) is 20.3 Å². The number of amides is 1. The average molecular weight is 295 g/mol. The summed E-state index contributed by atoms with van der Waals surface area (Å²) in [5.74, 6) is 0.0866. The SMILES string of the molecule is C[Si](C)(C)CN1C(=O)C(c2ccccc2)c2ccccc21. The van der Waals surface area contributed by atoms with Crippen LogP contribution in [0.25, 0.3) is 0 Å². The zero-order valence-corrected chi connectivity index (χ0v) is 13.8. The van der Waals surface area contributed by atoms with E-state index in [0.717, 1.165) is 23.0 Å². The lowest BCUT2D eigenvalue weighted by Gasteiger charge is -2.26. The largest absolute Gasteiger partial charge is 0.314 e. The molecule has 0 spiro atoms.